The SMILES string of the molecule is CCCCNC(=O)[C@@H](CC)N(Cc1cccc(OC)c1)C(=O)COc1ccc(CC)cc1Br. The summed E-state index contributed by atoms with van der Waals surface area (Å²) >= 11 is 3.52. The minimum absolute atomic E-state index is 0.143. The van der Waals surface area contributed by atoms with E-state index in [1.165, 1.54) is 5.56 Å². The molecule has 0 aliphatic carbocycles. The first-order valence-electron chi connectivity index (χ1n) is 11.5. The highest BCUT2D eigenvalue weighted by Crippen LogP contribution is 2.26. The van der Waals surface area contributed by atoms with Crippen molar-refractivity contribution in [3.63, 3.8) is 0 Å². The van der Waals surface area contributed by atoms with Crippen molar-refractivity contribution in [2.24, 2.45) is 0 Å². The van der Waals surface area contributed by atoms with Crippen molar-refractivity contribution in [2.75, 3.05) is 20.3 Å². The normalized spacial score (nSPS) is 11.5. The van der Waals surface area contributed by atoms with Crippen LogP contribution in [0.15, 0.2) is 46.9 Å². The molecule has 2 amide bonds. The van der Waals surface area contributed by atoms with Crippen LogP contribution in [0.3, 0.4) is 0 Å². The van der Waals surface area contributed by atoms with Crippen LogP contribution < -0.4 is 14.8 Å². The van der Waals surface area contributed by atoms with E-state index in [0.717, 1.165) is 29.3 Å². The number of carbonyl (C=O) groups is 2. The van der Waals surface area contributed by atoms with Gasteiger partial charge in [0, 0.05) is 13.1 Å². The second-order valence-electron chi connectivity index (χ2n) is 7.85. The molecular weight excluding hydrogens is 484 g/mol. The van der Waals surface area contributed by atoms with Crippen LogP contribution in [0.2, 0.25) is 0 Å². The molecule has 1 atom stereocenters. The van der Waals surface area contributed by atoms with Crippen LogP contribution >= 0.6 is 15.9 Å². The maximum absolute atomic E-state index is 13.3. The van der Waals surface area contributed by atoms with Crippen LogP contribution in [0, 0.1) is 0 Å². The molecule has 0 saturated heterocycles. The predicted octanol–water partition coefficient (Wildman–Crippen LogP) is 5.12. The minimum Gasteiger partial charge on any atom is -0.497 e. The highest BCUT2D eigenvalue weighted by molar-refractivity contribution is 9.10. The van der Waals surface area contributed by atoms with Gasteiger partial charge in [0.2, 0.25) is 5.91 Å². The Hall–Kier alpha value is -2.54. The molecule has 0 unspecified atom stereocenters. The molecule has 33 heavy (non-hydrogen) atoms. The van der Waals surface area contributed by atoms with E-state index >= 15 is 0 Å². The van der Waals surface area contributed by atoms with Gasteiger partial charge in [0.1, 0.15) is 17.5 Å². The van der Waals surface area contributed by atoms with E-state index < -0.39 is 6.04 Å². The van der Waals surface area contributed by atoms with Crippen molar-refractivity contribution in [1.29, 1.82) is 0 Å². The molecule has 0 spiro atoms. The number of halogens is 1. The van der Waals surface area contributed by atoms with Gasteiger partial charge in [-0.15, -0.1) is 0 Å². The molecule has 7 heteroatoms. The zero-order valence-corrected chi connectivity index (χ0v) is 21.6. The summed E-state index contributed by atoms with van der Waals surface area (Å²) in [6, 6.07) is 12.8. The van der Waals surface area contributed by atoms with Crippen LogP contribution in [0.1, 0.15) is 51.2 Å². The first-order chi connectivity index (χ1) is 15.9. The molecule has 0 aromatic heterocycles. The lowest BCUT2D eigenvalue weighted by Gasteiger charge is -2.30. The van der Waals surface area contributed by atoms with Gasteiger partial charge in [0.05, 0.1) is 11.6 Å². The number of unbranched alkanes of at least 4 members (excludes halogenated alkanes) is 1. The quantitative estimate of drug-likeness (QED) is 0.373. The van der Waals surface area contributed by atoms with E-state index in [-0.39, 0.29) is 25.0 Å². The van der Waals surface area contributed by atoms with E-state index in [1.807, 2.05) is 49.4 Å². The van der Waals surface area contributed by atoms with Gasteiger partial charge in [-0.1, -0.05) is 45.4 Å². The molecule has 2 rings (SSSR count). The van der Waals surface area contributed by atoms with E-state index in [1.54, 1.807) is 12.0 Å². The Kier molecular flexibility index (Phi) is 11.2. The number of methoxy groups -OCH3 is 1. The molecule has 180 valence electrons. The zero-order valence-electron chi connectivity index (χ0n) is 20.0. The fraction of sp³-hybridized carbons (Fsp3) is 0.462. The second kappa shape index (κ2) is 13.9. The van der Waals surface area contributed by atoms with Crippen LogP contribution in [0.25, 0.3) is 0 Å². The molecule has 6 nitrogen and oxygen atoms in total. The summed E-state index contributed by atoms with van der Waals surface area (Å²) in [6.45, 7) is 6.79. The average molecular weight is 519 g/mol. The van der Waals surface area contributed by atoms with Crippen molar-refractivity contribution < 1.29 is 19.1 Å². The van der Waals surface area contributed by atoms with E-state index in [4.69, 9.17) is 9.47 Å². The summed E-state index contributed by atoms with van der Waals surface area (Å²) in [5.74, 6) is 0.913. The molecule has 0 saturated carbocycles. The highest BCUT2D eigenvalue weighted by Gasteiger charge is 2.29. The Labute approximate surface area is 205 Å². The zero-order chi connectivity index (χ0) is 24.2. The van der Waals surface area contributed by atoms with Crippen LogP contribution in [-0.2, 0) is 22.6 Å². The largest absolute Gasteiger partial charge is 0.497 e. The predicted molar refractivity (Wildman–Crippen MR) is 135 cm³/mol. The number of aryl methyl sites for hydroxylation is 1. The van der Waals surface area contributed by atoms with Gasteiger partial charge in [0.25, 0.3) is 5.91 Å². The van der Waals surface area contributed by atoms with E-state index in [2.05, 4.69) is 35.1 Å². The second-order valence-corrected chi connectivity index (χ2v) is 8.70. The van der Waals surface area contributed by atoms with Crippen molar-refractivity contribution in [3.8, 4) is 11.5 Å². The molecule has 0 aliphatic heterocycles. The van der Waals surface area contributed by atoms with Gasteiger partial charge < -0.3 is 19.7 Å². The summed E-state index contributed by atoms with van der Waals surface area (Å²) in [6.07, 6.45) is 3.31. The Balaban J connectivity index is 2.21. The lowest BCUT2D eigenvalue weighted by molar-refractivity contribution is -0.143. The molecule has 0 heterocycles. The topological polar surface area (TPSA) is 67.9 Å². The fourth-order valence-electron chi connectivity index (χ4n) is 3.50. The van der Waals surface area contributed by atoms with Crippen molar-refractivity contribution in [1.82, 2.24) is 10.2 Å². The molecule has 0 radical (unpaired) electrons. The maximum atomic E-state index is 13.3. The number of hydrogen-bond donors (Lipinski definition) is 1. The number of benzene rings is 2. The first-order valence-corrected chi connectivity index (χ1v) is 12.3. The molecular formula is C26H35BrN2O4. The summed E-state index contributed by atoms with van der Waals surface area (Å²) in [5, 5.41) is 2.97. The average Bonchev–Trinajstić information content (AvgIpc) is 2.83. The maximum Gasteiger partial charge on any atom is 0.261 e. The molecule has 1 N–H and O–H groups in total. The lowest BCUT2D eigenvalue weighted by Crippen LogP contribution is -2.50. The van der Waals surface area contributed by atoms with Crippen LogP contribution in [-0.4, -0.2) is 43.0 Å². The third-order valence-corrected chi connectivity index (χ3v) is 6.08. The Morgan fingerprint density at radius 2 is 1.88 bits per heavy atom. The summed E-state index contributed by atoms with van der Waals surface area (Å²) < 4.78 is 12.0. The van der Waals surface area contributed by atoms with E-state index in [0.29, 0.717) is 24.5 Å². The van der Waals surface area contributed by atoms with Gasteiger partial charge in [-0.05, 0) is 70.6 Å². The number of nitrogens with one attached hydrogen (secondary N) is 1. The smallest absolute Gasteiger partial charge is 0.261 e. The summed E-state index contributed by atoms with van der Waals surface area (Å²) in [4.78, 5) is 27.8. The van der Waals surface area contributed by atoms with Crippen molar-refractivity contribution >= 4 is 27.7 Å². The number of hydrogen-bond acceptors (Lipinski definition) is 4. The molecule has 2 aromatic rings. The summed E-state index contributed by atoms with van der Waals surface area (Å²) in [5.41, 5.74) is 2.06. The number of amides is 2. The third-order valence-electron chi connectivity index (χ3n) is 5.46. The van der Waals surface area contributed by atoms with Crippen molar-refractivity contribution in [2.45, 2.75) is 59.0 Å². The van der Waals surface area contributed by atoms with Gasteiger partial charge in [-0.2, -0.15) is 0 Å². The Bertz CT molecular complexity index is 919. The molecule has 0 aliphatic rings. The van der Waals surface area contributed by atoms with Gasteiger partial charge in [0.15, 0.2) is 6.61 Å². The van der Waals surface area contributed by atoms with Crippen molar-refractivity contribution in [3.05, 3.63) is 58.1 Å². The Morgan fingerprint density at radius 1 is 1.09 bits per heavy atom. The van der Waals surface area contributed by atoms with Gasteiger partial charge in [-0.25, -0.2) is 0 Å². The third kappa shape index (κ3) is 8.07. The number of nitrogens with zero attached hydrogens (tertiary/aromatic N) is 1. The molecule has 0 fully saturated rings. The standard InChI is InChI=1S/C26H35BrN2O4/c1-5-8-14-28-26(31)23(7-3)29(17-20-10-9-11-21(15-20)32-4)25(30)18-33-24-13-12-19(6-2)16-22(24)27/h9-13,15-16,23H,5-8,14,17-18H2,1-4H3,(H,28,31)/t23-/m1/s1. The molecule has 2 aromatic carbocycles. The minimum atomic E-state index is -0.588. The molecule has 0 bridgehead atoms. The fourth-order valence-corrected chi connectivity index (χ4v) is 4.04. The number of ether oxygens (including phenoxy) is 2. The monoisotopic (exact) mass is 518 g/mol. The highest BCUT2D eigenvalue weighted by atomic mass is 79.9. The first kappa shape index (κ1) is 26.7. The van der Waals surface area contributed by atoms with E-state index in [9.17, 15) is 9.59 Å². The van der Waals surface area contributed by atoms with Gasteiger partial charge in [-0.3, -0.25) is 9.59 Å². The Morgan fingerprint density at radius 3 is 2.52 bits per heavy atom. The van der Waals surface area contributed by atoms with Gasteiger partial charge >= 0.3 is 0 Å². The van der Waals surface area contributed by atoms with Crippen LogP contribution in [0.5, 0.6) is 11.5 Å². The lowest BCUT2D eigenvalue weighted by atomic mass is 10.1. The summed E-state index contributed by atoms with van der Waals surface area (Å²) in [7, 11) is 1.60. The number of carbonyl (C=O) groups excluding carboxylic acids is 2. The number of rotatable bonds is 13. The van der Waals surface area contributed by atoms with Crippen LogP contribution in [0.4, 0.5) is 0 Å².